The van der Waals surface area contributed by atoms with Crippen LogP contribution in [0.25, 0.3) is 0 Å². The molecular formula is C17H34N2O3. The fraction of sp³-hybridized carbons (Fsp3) is 0.941. The van der Waals surface area contributed by atoms with Crippen molar-refractivity contribution in [1.82, 2.24) is 10.2 Å². The summed E-state index contributed by atoms with van der Waals surface area (Å²) in [4.78, 5) is 13.8. The maximum absolute atomic E-state index is 12.0. The lowest BCUT2D eigenvalue weighted by molar-refractivity contribution is 0.0183. The van der Waals surface area contributed by atoms with E-state index < -0.39 is 5.60 Å². The minimum Gasteiger partial charge on any atom is -0.444 e. The Balaban J connectivity index is 2.19. The maximum atomic E-state index is 12.0. The Hall–Kier alpha value is -0.810. The molecule has 0 radical (unpaired) electrons. The lowest BCUT2D eigenvalue weighted by Gasteiger charge is -2.33. The van der Waals surface area contributed by atoms with Crippen LogP contribution in [0.4, 0.5) is 4.79 Å². The van der Waals surface area contributed by atoms with E-state index in [0.29, 0.717) is 18.4 Å². The van der Waals surface area contributed by atoms with Crippen molar-refractivity contribution >= 4 is 6.09 Å². The van der Waals surface area contributed by atoms with E-state index in [4.69, 9.17) is 4.74 Å². The van der Waals surface area contributed by atoms with Gasteiger partial charge in [-0.1, -0.05) is 13.8 Å². The fourth-order valence-electron chi connectivity index (χ4n) is 2.73. The van der Waals surface area contributed by atoms with Crippen molar-refractivity contribution in [3.8, 4) is 0 Å². The predicted molar refractivity (Wildman–Crippen MR) is 88.9 cm³/mol. The molecule has 1 atom stereocenters. The maximum Gasteiger partial charge on any atom is 0.410 e. The summed E-state index contributed by atoms with van der Waals surface area (Å²) in [6.45, 7) is 13.0. The molecule has 0 aliphatic carbocycles. The van der Waals surface area contributed by atoms with Gasteiger partial charge in [0.2, 0.25) is 0 Å². The monoisotopic (exact) mass is 314 g/mol. The second kappa shape index (κ2) is 8.73. The van der Waals surface area contributed by atoms with Gasteiger partial charge < -0.3 is 20.1 Å². The first-order chi connectivity index (χ1) is 10.2. The van der Waals surface area contributed by atoms with E-state index in [9.17, 15) is 9.90 Å². The van der Waals surface area contributed by atoms with Crippen LogP contribution in [0.5, 0.6) is 0 Å². The van der Waals surface area contributed by atoms with Crippen LogP contribution in [0.3, 0.4) is 0 Å². The van der Waals surface area contributed by atoms with Gasteiger partial charge in [-0.2, -0.15) is 0 Å². The standard InChI is InChI=1S/C17H34N2O3/c1-13(2)10-15(20)12-18-11-14-6-8-19(9-7-14)16(21)22-17(3,4)5/h13-15,18,20H,6-12H2,1-5H3. The number of piperidine rings is 1. The van der Waals surface area contributed by atoms with Crippen LogP contribution in [-0.2, 0) is 4.74 Å². The highest BCUT2D eigenvalue weighted by Crippen LogP contribution is 2.19. The lowest BCUT2D eigenvalue weighted by Crippen LogP contribution is -2.43. The minimum absolute atomic E-state index is 0.203. The summed E-state index contributed by atoms with van der Waals surface area (Å²) in [5.41, 5.74) is -0.429. The molecule has 0 aromatic carbocycles. The van der Waals surface area contributed by atoms with Gasteiger partial charge in [-0.3, -0.25) is 0 Å². The molecule has 1 fully saturated rings. The van der Waals surface area contributed by atoms with Gasteiger partial charge in [0.05, 0.1) is 6.10 Å². The Bertz CT molecular complexity index is 331. The Kier molecular flexibility index (Phi) is 7.63. The van der Waals surface area contributed by atoms with Crippen molar-refractivity contribution in [2.45, 2.75) is 65.6 Å². The molecule has 1 aliphatic rings. The van der Waals surface area contributed by atoms with Crippen LogP contribution >= 0.6 is 0 Å². The summed E-state index contributed by atoms with van der Waals surface area (Å²) in [6.07, 6.45) is 2.36. The third-order valence-corrected chi connectivity index (χ3v) is 3.82. The zero-order valence-electron chi connectivity index (χ0n) is 14.9. The Morgan fingerprint density at radius 2 is 1.91 bits per heavy atom. The minimum atomic E-state index is -0.429. The molecule has 1 rings (SSSR count). The van der Waals surface area contributed by atoms with Gasteiger partial charge in [-0.15, -0.1) is 0 Å². The predicted octanol–water partition coefficient (Wildman–Crippen LogP) is 2.63. The fourth-order valence-corrected chi connectivity index (χ4v) is 2.73. The summed E-state index contributed by atoms with van der Waals surface area (Å²) in [7, 11) is 0. The normalized spacial score (nSPS) is 18.6. The number of hydrogen-bond donors (Lipinski definition) is 2. The number of likely N-dealkylation sites (tertiary alicyclic amines) is 1. The van der Waals surface area contributed by atoms with Crippen LogP contribution < -0.4 is 5.32 Å². The molecular weight excluding hydrogens is 280 g/mol. The molecule has 0 aromatic heterocycles. The van der Waals surface area contributed by atoms with Crippen LogP contribution in [0, 0.1) is 11.8 Å². The first-order valence-electron chi connectivity index (χ1n) is 8.54. The van der Waals surface area contributed by atoms with Crippen molar-refractivity contribution < 1.29 is 14.6 Å². The molecule has 0 saturated carbocycles. The molecule has 0 bridgehead atoms. The average molecular weight is 314 g/mol. The molecule has 22 heavy (non-hydrogen) atoms. The Morgan fingerprint density at radius 1 is 1.32 bits per heavy atom. The molecule has 1 aliphatic heterocycles. The lowest BCUT2D eigenvalue weighted by atomic mass is 9.97. The summed E-state index contributed by atoms with van der Waals surface area (Å²) in [6, 6.07) is 0. The summed E-state index contributed by atoms with van der Waals surface area (Å²) in [5.74, 6) is 1.10. The van der Waals surface area contributed by atoms with E-state index in [1.165, 1.54) is 0 Å². The number of amides is 1. The van der Waals surface area contributed by atoms with E-state index in [1.807, 2.05) is 20.8 Å². The SMILES string of the molecule is CC(C)CC(O)CNCC1CCN(C(=O)OC(C)(C)C)CC1. The van der Waals surface area contributed by atoms with Gasteiger partial charge >= 0.3 is 6.09 Å². The van der Waals surface area contributed by atoms with Crippen molar-refractivity contribution in [2.75, 3.05) is 26.2 Å². The van der Waals surface area contributed by atoms with Gasteiger partial charge in [0.1, 0.15) is 5.60 Å². The number of hydrogen-bond acceptors (Lipinski definition) is 4. The average Bonchev–Trinajstić information content (AvgIpc) is 2.36. The molecule has 0 spiro atoms. The summed E-state index contributed by atoms with van der Waals surface area (Å²) >= 11 is 0. The summed E-state index contributed by atoms with van der Waals surface area (Å²) in [5, 5.41) is 13.2. The highest BCUT2D eigenvalue weighted by molar-refractivity contribution is 5.68. The Labute approximate surface area is 135 Å². The number of nitrogens with zero attached hydrogens (tertiary/aromatic N) is 1. The van der Waals surface area contributed by atoms with Gasteiger partial charge in [0.25, 0.3) is 0 Å². The number of ether oxygens (including phenoxy) is 1. The number of carbonyl (C=O) groups is 1. The van der Waals surface area contributed by atoms with E-state index >= 15 is 0 Å². The van der Waals surface area contributed by atoms with Crippen LogP contribution in [-0.4, -0.2) is 54.0 Å². The van der Waals surface area contributed by atoms with Gasteiger partial charge in [-0.25, -0.2) is 4.79 Å². The molecule has 2 N–H and O–H groups in total. The highest BCUT2D eigenvalue weighted by atomic mass is 16.6. The van der Waals surface area contributed by atoms with Crippen LogP contribution in [0.2, 0.25) is 0 Å². The molecule has 1 saturated heterocycles. The first kappa shape index (κ1) is 19.2. The van der Waals surface area contributed by atoms with Crippen LogP contribution in [0.15, 0.2) is 0 Å². The summed E-state index contributed by atoms with van der Waals surface area (Å²) < 4.78 is 5.40. The van der Waals surface area contributed by atoms with E-state index in [2.05, 4.69) is 19.2 Å². The molecule has 1 unspecified atom stereocenters. The molecule has 130 valence electrons. The quantitative estimate of drug-likeness (QED) is 0.791. The largest absolute Gasteiger partial charge is 0.444 e. The zero-order chi connectivity index (χ0) is 16.8. The number of aliphatic hydroxyl groups is 1. The van der Waals surface area contributed by atoms with Crippen molar-refractivity contribution in [3.05, 3.63) is 0 Å². The molecule has 5 heteroatoms. The first-order valence-corrected chi connectivity index (χ1v) is 8.54. The number of rotatable bonds is 6. The van der Waals surface area contributed by atoms with Crippen LogP contribution in [0.1, 0.15) is 53.9 Å². The number of carbonyl (C=O) groups excluding carboxylic acids is 1. The topological polar surface area (TPSA) is 61.8 Å². The van der Waals surface area contributed by atoms with E-state index in [0.717, 1.165) is 38.9 Å². The van der Waals surface area contributed by atoms with E-state index in [-0.39, 0.29) is 12.2 Å². The number of aliphatic hydroxyl groups excluding tert-OH is 1. The highest BCUT2D eigenvalue weighted by Gasteiger charge is 2.26. The van der Waals surface area contributed by atoms with E-state index in [1.54, 1.807) is 4.90 Å². The molecule has 1 amide bonds. The molecule has 1 heterocycles. The van der Waals surface area contributed by atoms with Gasteiger partial charge in [-0.05, 0) is 58.4 Å². The second-order valence-electron chi connectivity index (χ2n) is 7.85. The van der Waals surface area contributed by atoms with Gasteiger partial charge in [0, 0.05) is 19.6 Å². The third-order valence-electron chi connectivity index (χ3n) is 3.82. The zero-order valence-corrected chi connectivity index (χ0v) is 14.9. The van der Waals surface area contributed by atoms with Crippen molar-refractivity contribution in [1.29, 1.82) is 0 Å². The smallest absolute Gasteiger partial charge is 0.410 e. The third kappa shape index (κ3) is 7.99. The van der Waals surface area contributed by atoms with Crippen molar-refractivity contribution in [2.24, 2.45) is 11.8 Å². The van der Waals surface area contributed by atoms with Gasteiger partial charge in [0.15, 0.2) is 0 Å². The molecule has 0 aromatic rings. The van der Waals surface area contributed by atoms with Crippen molar-refractivity contribution in [3.63, 3.8) is 0 Å². The Morgan fingerprint density at radius 3 is 2.41 bits per heavy atom. The number of nitrogens with one attached hydrogen (secondary N) is 1. The second-order valence-corrected chi connectivity index (χ2v) is 7.85. The molecule has 5 nitrogen and oxygen atoms in total.